The van der Waals surface area contributed by atoms with Gasteiger partial charge in [-0.15, -0.1) is 0 Å². The van der Waals surface area contributed by atoms with E-state index in [0.29, 0.717) is 19.8 Å². The molecule has 1 aliphatic heterocycles. The van der Waals surface area contributed by atoms with Crippen molar-refractivity contribution in [1.82, 2.24) is 4.98 Å². The van der Waals surface area contributed by atoms with E-state index in [1.165, 1.54) is 28.1 Å². The smallest absolute Gasteiger partial charge is 0.0874 e. The minimum Gasteiger partial charge on any atom is -0.370 e. The third-order valence-electron chi connectivity index (χ3n) is 3.26. The zero-order chi connectivity index (χ0) is 11.7. The van der Waals surface area contributed by atoms with Crippen molar-refractivity contribution in [3.05, 3.63) is 47.2 Å². The van der Waals surface area contributed by atoms with Crippen LogP contribution < -0.4 is 5.73 Å². The fourth-order valence-electron chi connectivity index (χ4n) is 2.46. The molecule has 1 aliphatic rings. The van der Waals surface area contributed by atoms with Crippen molar-refractivity contribution in [3.8, 4) is 11.3 Å². The number of hydrogen-bond acceptors (Lipinski definition) is 2. The highest BCUT2D eigenvalue weighted by atomic mass is 16.5. The lowest BCUT2D eigenvalue weighted by atomic mass is 10.0. The largest absolute Gasteiger partial charge is 0.370 e. The van der Waals surface area contributed by atoms with Crippen LogP contribution in [0, 0.1) is 0 Å². The fourth-order valence-corrected chi connectivity index (χ4v) is 2.46. The van der Waals surface area contributed by atoms with Crippen LogP contribution >= 0.6 is 0 Å². The van der Waals surface area contributed by atoms with Gasteiger partial charge in [-0.25, -0.2) is 0 Å². The van der Waals surface area contributed by atoms with Crippen LogP contribution in [-0.2, 0) is 24.4 Å². The van der Waals surface area contributed by atoms with Crippen molar-refractivity contribution in [2.45, 2.75) is 19.6 Å². The standard InChI is InChI=1S/C14H16N2O/c15-7-6-11-12-8-17-9-13(12)16-14(11)10-4-2-1-3-5-10/h1-5,16H,6-9,15H2. The molecule has 0 unspecified atom stereocenters. The topological polar surface area (TPSA) is 51.0 Å². The Balaban J connectivity index is 2.11. The van der Waals surface area contributed by atoms with Crippen LogP contribution in [0.5, 0.6) is 0 Å². The second-order valence-corrected chi connectivity index (χ2v) is 4.33. The Bertz CT molecular complexity index is 517. The lowest BCUT2D eigenvalue weighted by Crippen LogP contribution is -2.04. The van der Waals surface area contributed by atoms with Crippen LogP contribution in [0.4, 0.5) is 0 Å². The molecule has 0 bridgehead atoms. The first-order valence-electron chi connectivity index (χ1n) is 5.96. The maximum atomic E-state index is 5.71. The Hall–Kier alpha value is -1.58. The van der Waals surface area contributed by atoms with Gasteiger partial charge in [0.15, 0.2) is 0 Å². The van der Waals surface area contributed by atoms with Crippen LogP contribution in [0.25, 0.3) is 11.3 Å². The molecule has 17 heavy (non-hydrogen) atoms. The van der Waals surface area contributed by atoms with E-state index in [-0.39, 0.29) is 0 Å². The number of fused-ring (bicyclic) bond motifs is 1. The van der Waals surface area contributed by atoms with Crippen molar-refractivity contribution < 1.29 is 4.74 Å². The molecule has 1 aromatic heterocycles. The van der Waals surface area contributed by atoms with E-state index < -0.39 is 0 Å². The molecule has 2 heterocycles. The summed E-state index contributed by atoms with van der Waals surface area (Å²) in [5.41, 5.74) is 12.0. The Morgan fingerprint density at radius 2 is 2.00 bits per heavy atom. The summed E-state index contributed by atoms with van der Waals surface area (Å²) in [5, 5.41) is 0. The van der Waals surface area contributed by atoms with Gasteiger partial charge in [0.25, 0.3) is 0 Å². The highest BCUT2D eigenvalue weighted by Gasteiger charge is 2.21. The number of H-pyrrole nitrogens is 1. The van der Waals surface area contributed by atoms with Gasteiger partial charge in [-0.3, -0.25) is 0 Å². The number of aromatic nitrogens is 1. The molecule has 0 aliphatic carbocycles. The van der Waals surface area contributed by atoms with Crippen molar-refractivity contribution in [3.63, 3.8) is 0 Å². The van der Waals surface area contributed by atoms with E-state index in [0.717, 1.165) is 6.42 Å². The summed E-state index contributed by atoms with van der Waals surface area (Å²) in [6, 6.07) is 10.4. The van der Waals surface area contributed by atoms with Crippen molar-refractivity contribution in [1.29, 1.82) is 0 Å². The normalized spacial score (nSPS) is 13.9. The molecule has 88 valence electrons. The molecule has 0 radical (unpaired) electrons. The van der Waals surface area contributed by atoms with E-state index >= 15 is 0 Å². The molecule has 3 N–H and O–H groups in total. The van der Waals surface area contributed by atoms with Crippen LogP contribution in [0.3, 0.4) is 0 Å². The molecule has 0 saturated heterocycles. The number of ether oxygens (including phenoxy) is 1. The molecule has 0 saturated carbocycles. The molecular formula is C14H16N2O. The average Bonchev–Trinajstić information content (AvgIpc) is 2.93. The summed E-state index contributed by atoms with van der Waals surface area (Å²) >= 11 is 0. The summed E-state index contributed by atoms with van der Waals surface area (Å²) in [6.45, 7) is 2.08. The summed E-state index contributed by atoms with van der Waals surface area (Å²) in [6.07, 6.45) is 0.902. The van der Waals surface area contributed by atoms with Gasteiger partial charge in [0.1, 0.15) is 0 Å². The van der Waals surface area contributed by atoms with Crippen LogP contribution in [0.1, 0.15) is 16.8 Å². The zero-order valence-electron chi connectivity index (χ0n) is 9.70. The second kappa shape index (κ2) is 4.35. The SMILES string of the molecule is NCCc1c(-c2ccccc2)[nH]c2c1COC2. The highest BCUT2D eigenvalue weighted by molar-refractivity contribution is 5.67. The van der Waals surface area contributed by atoms with Gasteiger partial charge in [0, 0.05) is 17.0 Å². The molecule has 3 nitrogen and oxygen atoms in total. The predicted molar refractivity (Wildman–Crippen MR) is 67.5 cm³/mol. The third kappa shape index (κ3) is 1.77. The molecule has 0 fully saturated rings. The van der Waals surface area contributed by atoms with Crippen molar-refractivity contribution >= 4 is 0 Å². The fraction of sp³-hybridized carbons (Fsp3) is 0.286. The molecule has 0 atom stereocenters. The minimum atomic E-state index is 0.671. The molecule has 2 aromatic rings. The number of hydrogen-bond donors (Lipinski definition) is 2. The van der Waals surface area contributed by atoms with Crippen LogP contribution in [0.15, 0.2) is 30.3 Å². The van der Waals surface area contributed by atoms with E-state index in [4.69, 9.17) is 10.5 Å². The number of aromatic amines is 1. The third-order valence-corrected chi connectivity index (χ3v) is 3.26. The summed E-state index contributed by atoms with van der Waals surface area (Å²) in [4.78, 5) is 3.48. The molecule has 0 spiro atoms. The van der Waals surface area contributed by atoms with Crippen LogP contribution in [-0.4, -0.2) is 11.5 Å². The number of nitrogens with two attached hydrogens (primary N) is 1. The predicted octanol–water partition coefficient (Wildman–Crippen LogP) is 2.21. The van der Waals surface area contributed by atoms with Crippen molar-refractivity contribution in [2.24, 2.45) is 5.73 Å². The quantitative estimate of drug-likeness (QED) is 0.846. The minimum absolute atomic E-state index is 0.671. The maximum Gasteiger partial charge on any atom is 0.0874 e. The molecular weight excluding hydrogens is 212 g/mol. The lowest BCUT2D eigenvalue weighted by molar-refractivity contribution is 0.132. The van der Waals surface area contributed by atoms with Crippen molar-refractivity contribution in [2.75, 3.05) is 6.54 Å². The van der Waals surface area contributed by atoms with Gasteiger partial charge in [-0.2, -0.15) is 0 Å². The first-order chi connectivity index (χ1) is 8.40. The summed E-state index contributed by atoms with van der Waals surface area (Å²) in [7, 11) is 0. The van der Waals surface area contributed by atoms with Gasteiger partial charge in [-0.1, -0.05) is 30.3 Å². The lowest BCUT2D eigenvalue weighted by Gasteiger charge is -2.05. The summed E-state index contributed by atoms with van der Waals surface area (Å²) < 4.78 is 5.46. The first-order valence-corrected chi connectivity index (χ1v) is 5.96. The number of rotatable bonds is 3. The summed E-state index contributed by atoms with van der Waals surface area (Å²) in [5.74, 6) is 0. The maximum absolute atomic E-state index is 5.71. The van der Waals surface area contributed by atoms with E-state index in [1.54, 1.807) is 0 Å². The average molecular weight is 228 g/mol. The van der Waals surface area contributed by atoms with E-state index in [2.05, 4.69) is 29.2 Å². The number of benzene rings is 1. The van der Waals surface area contributed by atoms with Gasteiger partial charge in [0.05, 0.1) is 13.2 Å². The van der Waals surface area contributed by atoms with Gasteiger partial charge in [0.2, 0.25) is 0 Å². The molecule has 0 amide bonds. The number of nitrogens with one attached hydrogen (secondary N) is 1. The van der Waals surface area contributed by atoms with Gasteiger partial charge >= 0.3 is 0 Å². The zero-order valence-corrected chi connectivity index (χ0v) is 9.70. The molecule has 3 heteroatoms. The second-order valence-electron chi connectivity index (χ2n) is 4.33. The Morgan fingerprint density at radius 1 is 1.18 bits per heavy atom. The van der Waals surface area contributed by atoms with Crippen LogP contribution in [0.2, 0.25) is 0 Å². The molecule has 1 aromatic carbocycles. The first kappa shape index (κ1) is 10.6. The molecule has 3 rings (SSSR count). The Kier molecular flexibility index (Phi) is 2.71. The van der Waals surface area contributed by atoms with E-state index in [1.807, 2.05) is 6.07 Å². The monoisotopic (exact) mass is 228 g/mol. The Morgan fingerprint density at radius 3 is 2.76 bits per heavy atom. The Labute approximate surface area is 101 Å². The highest BCUT2D eigenvalue weighted by Crippen LogP contribution is 2.32. The van der Waals surface area contributed by atoms with E-state index in [9.17, 15) is 0 Å². The van der Waals surface area contributed by atoms with Gasteiger partial charge < -0.3 is 15.5 Å². The van der Waals surface area contributed by atoms with Gasteiger partial charge in [-0.05, 0) is 24.1 Å².